The highest BCUT2D eigenvalue weighted by atomic mass is 16.4. The molecule has 0 aliphatic rings. The number of carbonyl (C=O) groups excluding carboxylic acids is 4. The molecule has 0 radical (unpaired) electrons. The zero-order valence-electron chi connectivity index (χ0n) is 22.5. The molecule has 0 unspecified atom stereocenters. The van der Waals surface area contributed by atoms with E-state index in [0.717, 1.165) is 0 Å². The maximum absolute atomic E-state index is 12.2. The van der Waals surface area contributed by atoms with Crippen molar-refractivity contribution in [2.75, 3.05) is 26.2 Å². The first kappa shape index (κ1) is 33.8. The van der Waals surface area contributed by atoms with Crippen LogP contribution in [0.25, 0.3) is 0 Å². The number of hydrogen-bond donors (Lipinski definition) is 0. The predicted molar refractivity (Wildman–Crippen MR) is 127 cm³/mol. The van der Waals surface area contributed by atoms with Gasteiger partial charge in [-0.05, 0) is 51.9 Å². The molecule has 0 aromatic carbocycles. The summed E-state index contributed by atoms with van der Waals surface area (Å²) in [5.74, 6) is -6.38. The summed E-state index contributed by atoms with van der Waals surface area (Å²) >= 11 is 0. The number of nitrogens with zero attached hydrogens (tertiary/aromatic N) is 2. The van der Waals surface area contributed by atoms with Gasteiger partial charge in [-0.3, -0.25) is 9.80 Å². The monoisotopic (exact) mass is 512 g/mol. The smallest absolute Gasteiger partial charge is 0.0504 e. The Morgan fingerprint density at radius 1 is 0.472 bits per heavy atom. The highest BCUT2D eigenvalue weighted by Crippen LogP contribution is 2.45. The summed E-state index contributed by atoms with van der Waals surface area (Å²) in [6, 6.07) is 0. The molecule has 0 amide bonds. The Bertz CT molecular complexity index is 591. The van der Waals surface area contributed by atoms with Crippen LogP contribution in [0.3, 0.4) is 0 Å². The Morgan fingerprint density at radius 3 is 0.806 bits per heavy atom. The van der Waals surface area contributed by atoms with Gasteiger partial charge in [-0.25, -0.2) is 0 Å². The van der Waals surface area contributed by atoms with Crippen LogP contribution in [0.1, 0.15) is 105 Å². The molecule has 0 atom stereocenters. The van der Waals surface area contributed by atoms with Crippen molar-refractivity contribution in [1.29, 1.82) is 0 Å². The first-order chi connectivity index (χ1) is 17.0. The van der Waals surface area contributed by atoms with Crippen molar-refractivity contribution in [3.63, 3.8) is 0 Å². The quantitative estimate of drug-likeness (QED) is 0.163. The first-order valence-corrected chi connectivity index (χ1v) is 13.3. The minimum atomic E-state index is -1.95. The van der Waals surface area contributed by atoms with Gasteiger partial charge in [0.15, 0.2) is 0 Å². The molecular weight excluding hydrogens is 468 g/mol. The largest absolute Gasteiger partial charge is 0.550 e. The molecule has 0 N–H and O–H groups in total. The van der Waals surface area contributed by atoms with E-state index < -0.39 is 60.6 Å². The third-order valence-corrected chi connectivity index (χ3v) is 6.95. The van der Waals surface area contributed by atoms with Gasteiger partial charge < -0.3 is 39.6 Å². The minimum absolute atomic E-state index is 0.258. The van der Waals surface area contributed by atoms with E-state index in [1.807, 2.05) is 27.7 Å². The van der Waals surface area contributed by atoms with E-state index in [0.29, 0.717) is 51.4 Å². The second-order valence-electron chi connectivity index (χ2n) is 9.65. The van der Waals surface area contributed by atoms with Crippen molar-refractivity contribution in [2.45, 2.75) is 116 Å². The van der Waals surface area contributed by atoms with E-state index in [-0.39, 0.29) is 26.2 Å². The van der Waals surface area contributed by atoms with Crippen LogP contribution in [-0.2, 0) is 19.2 Å². The Labute approximate surface area is 215 Å². The predicted octanol–water partition coefficient (Wildman–Crippen LogP) is -1.17. The second-order valence-corrected chi connectivity index (χ2v) is 9.65. The van der Waals surface area contributed by atoms with Crippen LogP contribution in [0, 0.1) is 0 Å². The fraction of sp³-hybridized carbons (Fsp3) is 0.846. The molecule has 0 spiro atoms. The third kappa shape index (κ3) is 10.0. The Hall–Kier alpha value is -2.20. The van der Waals surface area contributed by atoms with Gasteiger partial charge in [0, 0.05) is 49.6 Å². The van der Waals surface area contributed by atoms with Crippen molar-refractivity contribution in [3.8, 4) is 0 Å². The molecule has 0 rings (SSSR count). The minimum Gasteiger partial charge on any atom is -0.550 e. The van der Waals surface area contributed by atoms with Gasteiger partial charge in [-0.15, -0.1) is 0 Å². The lowest BCUT2D eigenvalue weighted by atomic mass is 9.65. The van der Waals surface area contributed by atoms with Crippen LogP contribution >= 0.6 is 0 Å². The molecule has 0 aromatic heterocycles. The number of rotatable bonds is 23. The summed E-state index contributed by atoms with van der Waals surface area (Å²) in [4.78, 5) is 52.2. The van der Waals surface area contributed by atoms with E-state index in [2.05, 4.69) is 0 Å². The van der Waals surface area contributed by atoms with Gasteiger partial charge in [0.1, 0.15) is 0 Å². The lowest BCUT2D eigenvalue weighted by Crippen LogP contribution is -2.75. The highest BCUT2D eigenvalue weighted by molar-refractivity contribution is 5.76. The topological polar surface area (TPSA) is 167 Å². The van der Waals surface area contributed by atoms with Crippen molar-refractivity contribution in [1.82, 2.24) is 9.80 Å². The van der Waals surface area contributed by atoms with E-state index in [4.69, 9.17) is 0 Å². The van der Waals surface area contributed by atoms with E-state index in [1.54, 1.807) is 9.80 Å². The number of hydrogen-bond acceptors (Lipinski definition) is 10. The van der Waals surface area contributed by atoms with Crippen LogP contribution < -0.4 is 20.4 Å². The molecule has 0 aliphatic heterocycles. The van der Waals surface area contributed by atoms with Gasteiger partial charge in [0.25, 0.3) is 0 Å². The first-order valence-electron chi connectivity index (χ1n) is 13.3. The molecule has 36 heavy (non-hydrogen) atoms. The Kier molecular flexibility index (Phi) is 16.2. The summed E-state index contributed by atoms with van der Waals surface area (Å²) in [7, 11) is 0. The summed E-state index contributed by atoms with van der Waals surface area (Å²) in [5, 5.41) is 48.9. The van der Waals surface area contributed by atoms with Gasteiger partial charge >= 0.3 is 0 Å². The van der Waals surface area contributed by atoms with Crippen LogP contribution in [-0.4, -0.2) is 70.9 Å². The molecule has 0 fully saturated rings. The average molecular weight is 513 g/mol. The maximum Gasteiger partial charge on any atom is 0.0504 e. The normalized spacial score (nSPS) is 12.3. The van der Waals surface area contributed by atoms with Gasteiger partial charge in [0.05, 0.1) is 11.1 Å². The van der Waals surface area contributed by atoms with Gasteiger partial charge in [-0.1, -0.05) is 53.4 Å². The van der Waals surface area contributed by atoms with Crippen molar-refractivity contribution in [2.24, 2.45) is 0 Å². The summed E-state index contributed by atoms with van der Waals surface area (Å²) in [6.07, 6.45) is 1.63. The second kappa shape index (κ2) is 17.3. The molecule has 0 saturated heterocycles. The Balaban J connectivity index is 7.62. The number of carboxylic acids is 4. The fourth-order valence-electron chi connectivity index (χ4n) is 5.25. The van der Waals surface area contributed by atoms with E-state index in [9.17, 15) is 39.6 Å². The lowest BCUT2D eigenvalue weighted by Gasteiger charge is -2.62. The Morgan fingerprint density at radius 2 is 0.667 bits per heavy atom. The van der Waals surface area contributed by atoms with Crippen LogP contribution in [0.5, 0.6) is 0 Å². The van der Waals surface area contributed by atoms with Crippen molar-refractivity contribution >= 4 is 23.9 Å². The SMILES string of the molecule is CCCCN(CCCC)C(CC(=O)[O-])(CC(=O)[O-])C(CC(=O)[O-])(CC(=O)[O-])N(CCCC)CCCC. The molecule has 0 aromatic rings. The van der Waals surface area contributed by atoms with Gasteiger partial charge in [-0.2, -0.15) is 0 Å². The van der Waals surface area contributed by atoms with E-state index in [1.165, 1.54) is 0 Å². The summed E-state index contributed by atoms with van der Waals surface area (Å²) < 4.78 is 0. The molecular formula is C26H44N2O8-4. The van der Waals surface area contributed by atoms with E-state index >= 15 is 0 Å². The number of carboxylic acid groups (broad SMARTS) is 4. The highest BCUT2D eigenvalue weighted by Gasteiger charge is 2.57. The number of unbranched alkanes of at least 4 members (excludes halogenated alkanes) is 4. The third-order valence-electron chi connectivity index (χ3n) is 6.95. The molecule has 210 valence electrons. The van der Waals surface area contributed by atoms with Crippen molar-refractivity contribution < 1.29 is 39.6 Å². The fourth-order valence-corrected chi connectivity index (χ4v) is 5.25. The van der Waals surface area contributed by atoms with Crippen LogP contribution in [0.15, 0.2) is 0 Å². The zero-order chi connectivity index (χ0) is 27.8. The maximum atomic E-state index is 12.2. The summed E-state index contributed by atoms with van der Waals surface area (Å²) in [5.41, 5.74) is -3.90. The zero-order valence-corrected chi connectivity index (χ0v) is 22.5. The average Bonchev–Trinajstić information content (AvgIpc) is 2.76. The van der Waals surface area contributed by atoms with Crippen LogP contribution in [0.2, 0.25) is 0 Å². The molecule has 0 bridgehead atoms. The standard InChI is InChI=1S/C26H48N2O8/c1-5-9-13-27(14-10-6-2)25(17-21(29)30,18-22(31)32)26(19-23(33)34,20-24(35)36)28(15-11-7-3)16-12-8-4/h5-20H2,1-4H3,(H,29,30)(H,31,32)(H,33,34)(H,35,36)/p-4. The van der Waals surface area contributed by atoms with Crippen molar-refractivity contribution in [3.05, 3.63) is 0 Å². The molecule has 10 heteroatoms. The lowest BCUT2D eigenvalue weighted by molar-refractivity contribution is -0.327. The molecule has 0 saturated carbocycles. The summed E-state index contributed by atoms with van der Waals surface area (Å²) in [6.45, 7) is 8.71. The molecule has 10 nitrogen and oxygen atoms in total. The molecule has 0 heterocycles. The van der Waals surface area contributed by atoms with Crippen LogP contribution in [0.4, 0.5) is 0 Å². The molecule has 0 aliphatic carbocycles. The number of aliphatic carboxylic acids is 4. The number of carbonyl (C=O) groups is 4. The van der Waals surface area contributed by atoms with Gasteiger partial charge in [0.2, 0.25) is 0 Å².